The van der Waals surface area contributed by atoms with Crippen molar-refractivity contribution in [3.63, 3.8) is 0 Å². The van der Waals surface area contributed by atoms with Gasteiger partial charge in [0.25, 0.3) is 0 Å². The zero-order valence-electron chi connectivity index (χ0n) is 6.13. The van der Waals surface area contributed by atoms with Crippen LogP contribution in [0.15, 0.2) is 23.6 Å². The van der Waals surface area contributed by atoms with Gasteiger partial charge in [0.05, 0.1) is 0 Å². The molecule has 0 aliphatic rings. The molecule has 0 fully saturated rings. The van der Waals surface area contributed by atoms with Crippen LogP contribution >= 0.6 is 23.1 Å². The minimum Gasteiger partial charge on any atom is -0.143 e. The molecule has 0 unspecified atom stereocenters. The van der Waals surface area contributed by atoms with Crippen LogP contribution in [0.3, 0.4) is 0 Å². The first kappa shape index (κ1) is 7.89. The van der Waals surface area contributed by atoms with E-state index in [0.717, 1.165) is 0 Å². The van der Waals surface area contributed by atoms with E-state index >= 15 is 0 Å². The molecule has 1 rings (SSSR count). The van der Waals surface area contributed by atoms with Gasteiger partial charge in [-0.05, 0) is 24.6 Å². The fourth-order valence-corrected chi connectivity index (χ4v) is 2.37. The van der Waals surface area contributed by atoms with Crippen molar-refractivity contribution < 1.29 is 0 Å². The molecule has 2 heteroatoms. The Balaban J connectivity index is 2.85. The van der Waals surface area contributed by atoms with Gasteiger partial charge in [-0.2, -0.15) is 0 Å². The van der Waals surface area contributed by atoms with Crippen LogP contribution in [-0.2, 0) is 0 Å². The third-order valence-corrected chi connectivity index (χ3v) is 3.17. The Morgan fingerprint density at radius 3 is 2.90 bits per heavy atom. The molecule has 1 heterocycles. The van der Waals surface area contributed by atoms with Gasteiger partial charge in [0.1, 0.15) is 0 Å². The van der Waals surface area contributed by atoms with Crippen molar-refractivity contribution in [3.8, 4) is 0 Å². The molecule has 0 bridgehead atoms. The molecule has 0 N–H and O–H groups in total. The normalized spacial score (nSPS) is 12.0. The quantitative estimate of drug-likeness (QED) is 0.655. The van der Waals surface area contributed by atoms with Crippen molar-refractivity contribution in [2.24, 2.45) is 0 Å². The molecule has 0 atom stereocenters. The molecule has 54 valence electrons. The number of allylic oxidation sites excluding steroid dienone is 1. The van der Waals surface area contributed by atoms with Crippen LogP contribution in [-0.4, -0.2) is 6.26 Å². The molecule has 1 aromatic rings. The van der Waals surface area contributed by atoms with Crippen molar-refractivity contribution in [2.45, 2.75) is 6.92 Å². The van der Waals surface area contributed by atoms with Gasteiger partial charge in [0.2, 0.25) is 0 Å². The molecule has 0 amide bonds. The average molecular weight is 170 g/mol. The lowest BCUT2D eigenvalue weighted by atomic mass is 10.4. The predicted octanol–water partition coefficient (Wildman–Crippen LogP) is 3.47. The number of rotatable bonds is 2. The maximum atomic E-state index is 2.15. The summed E-state index contributed by atoms with van der Waals surface area (Å²) in [5.74, 6) is 0. The van der Waals surface area contributed by atoms with Crippen LogP contribution in [0, 0.1) is 0 Å². The highest BCUT2D eigenvalue weighted by Gasteiger charge is 1.96. The van der Waals surface area contributed by atoms with E-state index in [1.165, 1.54) is 9.78 Å². The molecule has 0 saturated heterocycles. The minimum atomic E-state index is 1.37. The lowest BCUT2D eigenvalue weighted by molar-refractivity contribution is 1.77. The van der Waals surface area contributed by atoms with Crippen LogP contribution in [0.2, 0.25) is 0 Å². The van der Waals surface area contributed by atoms with E-state index in [2.05, 4.69) is 36.8 Å². The maximum absolute atomic E-state index is 2.15. The van der Waals surface area contributed by atoms with Crippen molar-refractivity contribution in [3.05, 3.63) is 28.5 Å². The second kappa shape index (κ2) is 3.84. The fraction of sp³-hybridized carbons (Fsp3) is 0.250. The Morgan fingerprint density at radius 1 is 1.70 bits per heavy atom. The van der Waals surface area contributed by atoms with Gasteiger partial charge in [0, 0.05) is 9.78 Å². The van der Waals surface area contributed by atoms with E-state index in [9.17, 15) is 0 Å². The summed E-state index contributed by atoms with van der Waals surface area (Å²) in [4.78, 5) is 2.74. The van der Waals surface area contributed by atoms with Gasteiger partial charge in [-0.15, -0.1) is 23.1 Å². The van der Waals surface area contributed by atoms with E-state index in [0.29, 0.717) is 0 Å². The third-order valence-electron chi connectivity index (χ3n) is 1.25. The molecular weight excluding hydrogens is 160 g/mol. The highest BCUT2D eigenvalue weighted by atomic mass is 32.2. The molecule has 0 spiro atoms. The first-order valence-electron chi connectivity index (χ1n) is 3.12. The summed E-state index contributed by atoms with van der Waals surface area (Å²) in [6.07, 6.45) is 4.26. The van der Waals surface area contributed by atoms with Gasteiger partial charge in [-0.3, -0.25) is 0 Å². The predicted molar refractivity (Wildman–Crippen MR) is 51.5 cm³/mol. The summed E-state index contributed by atoms with van der Waals surface area (Å²) in [6.45, 7) is 2.07. The summed E-state index contributed by atoms with van der Waals surface area (Å²) in [5.41, 5.74) is 0. The van der Waals surface area contributed by atoms with Crippen molar-refractivity contribution >= 4 is 28.0 Å². The Kier molecular flexibility index (Phi) is 3.03. The first-order valence-corrected chi connectivity index (χ1v) is 5.23. The fourth-order valence-electron chi connectivity index (χ4n) is 0.779. The largest absolute Gasteiger partial charge is 0.143 e. The Labute approximate surface area is 70.0 Å². The van der Waals surface area contributed by atoms with E-state index in [4.69, 9.17) is 0 Å². The van der Waals surface area contributed by atoms with E-state index in [-0.39, 0.29) is 0 Å². The molecule has 0 aliphatic carbocycles. The number of thioether (sulfide) groups is 1. The van der Waals surface area contributed by atoms with E-state index in [1.54, 1.807) is 23.1 Å². The topological polar surface area (TPSA) is 0 Å². The standard InChI is InChI=1S/C8H10S2/c1-3-7(9-2)8-5-4-6-10-8/h3-6H,1-2H3. The Bertz CT molecular complexity index is 209. The van der Waals surface area contributed by atoms with Crippen LogP contribution in [0.1, 0.15) is 11.8 Å². The number of thiophene rings is 1. The highest BCUT2D eigenvalue weighted by Crippen LogP contribution is 2.28. The van der Waals surface area contributed by atoms with E-state index in [1.807, 2.05) is 0 Å². The van der Waals surface area contributed by atoms with Crippen molar-refractivity contribution in [1.29, 1.82) is 0 Å². The minimum absolute atomic E-state index is 1.37. The van der Waals surface area contributed by atoms with Crippen molar-refractivity contribution in [2.75, 3.05) is 6.26 Å². The van der Waals surface area contributed by atoms with Gasteiger partial charge >= 0.3 is 0 Å². The molecule has 0 saturated carbocycles. The second-order valence-electron chi connectivity index (χ2n) is 1.83. The molecular formula is C8H10S2. The summed E-state index contributed by atoms with van der Waals surface area (Å²) in [5, 5.41) is 2.11. The SMILES string of the molecule is CC=C(SC)c1cccs1. The summed E-state index contributed by atoms with van der Waals surface area (Å²) in [6, 6.07) is 4.23. The summed E-state index contributed by atoms with van der Waals surface area (Å²) >= 11 is 3.59. The summed E-state index contributed by atoms with van der Waals surface area (Å²) in [7, 11) is 0. The van der Waals surface area contributed by atoms with Gasteiger partial charge in [-0.1, -0.05) is 12.1 Å². The lowest BCUT2D eigenvalue weighted by Gasteiger charge is -1.96. The van der Waals surface area contributed by atoms with Crippen LogP contribution in [0.5, 0.6) is 0 Å². The maximum Gasteiger partial charge on any atom is 0.0402 e. The zero-order valence-corrected chi connectivity index (χ0v) is 7.76. The molecule has 10 heavy (non-hydrogen) atoms. The summed E-state index contributed by atoms with van der Waals surface area (Å²) < 4.78 is 0. The van der Waals surface area contributed by atoms with Crippen LogP contribution in [0.25, 0.3) is 4.91 Å². The highest BCUT2D eigenvalue weighted by molar-refractivity contribution is 8.07. The molecule has 1 aromatic heterocycles. The van der Waals surface area contributed by atoms with Gasteiger partial charge in [0.15, 0.2) is 0 Å². The monoisotopic (exact) mass is 170 g/mol. The number of hydrogen-bond acceptors (Lipinski definition) is 2. The third kappa shape index (κ3) is 1.64. The van der Waals surface area contributed by atoms with Crippen LogP contribution < -0.4 is 0 Å². The van der Waals surface area contributed by atoms with Crippen LogP contribution in [0.4, 0.5) is 0 Å². The Morgan fingerprint density at radius 2 is 2.50 bits per heavy atom. The molecule has 0 aliphatic heterocycles. The second-order valence-corrected chi connectivity index (χ2v) is 3.63. The van der Waals surface area contributed by atoms with E-state index < -0.39 is 0 Å². The first-order chi connectivity index (χ1) is 4.88. The average Bonchev–Trinajstić information content (AvgIpc) is 2.43. The van der Waals surface area contributed by atoms with Gasteiger partial charge < -0.3 is 0 Å². The Hall–Kier alpha value is -0.210. The smallest absolute Gasteiger partial charge is 0.0402 e. The molecule has 0 radical (unpaired) electrons. The van der Waals surface area contributed by atoms with Gasteiger partial charge in [-0.25, -0.2) is 0 Å². The molecule has 0 aromatic carbocycles. The molecule has 0 nitrogen and oxygen atoms in total. The zero-order chi connectivity index (χ0) is 7.40. The van der Waals surface area contributed by atoms with Crippen molar-refractivity contribution in [1.82, 2.24) is 0 Å². The lowest BCUT2D eigenvalue weighted by Crippen LogP contribution is -1.67. The number of hydrogen-bond donors (Lipinski definition) is 0.